The van der Waals surface area contributed by atoms with Crippen LogP contribution in [0, 0.1) is 28.6 Å². The van der Waals surface area contributed by atoms with Crippen LogP contribution in [0.2, 0.25) is 0 Å². The number of furan rings is 1. The van der Waals surface area contributed by atoms with Gasteiger partial charge < -0.3 is 18.6 Å². The SMILES string of the molecule is CCC(=O)O[C@H]1C[C@@H](C(=O)OC)[C@]2(C)CCC3C(=O)O[C@@H](c4ccoc4)C[C@]3(C)C2C1=O. The van der Waals surface area contributed by atoms with Gasteiger partial charge in [0.05, 0.1) is 31.5 Å². The molecular weight excluding hydrogens is 416 g/mol. The molecule has 1 saturated heterocycles. The number of cyclic esters (lactones) is 1. The number of Topliss-reactive ketones (excluding diaryl/α,β-unsaturated/α-hetero) is 1. The Hall–Kier alpha value is -2.64. The van der Waals surface area contributed by atoms with Gasteiger partial charge in [-0.25, -0.2) is 0 Å². The average Bonchev–Trinajstić information content (AvgIpc) is 3.29. The lowest BCUT2D eigenvalue weighted by Crippen LogP contribution is -2.64. The van der Waals surface area contributed by atoms with Crippen LogP contribution in [0.5, 0.6) is 0 Å². The Labute approximate surface area is 186 Å². The molecule has 174 valence electrons. The lowest BCUT2D eigenvalue weighted by molar-refractivity contribution is -0.210. The molecule has 7 atom stereocenters. The fraction of sp³-hybridized carbons (Fsp3) is 0.667. The molecular formula is C24H30O8. The Morgan fingerprint density at radius 2 is 1.97 bits per heavy atom. The molecule has 0 aromatic carbocycles. The van der Waals surface area contributed by atoms with Crippen LogP contribution in [0.3, 0.4) is 0 Å². The highest BCUT2D eigenvalue weighted by Gasteiger charge is 2.67. The molecule has 2 saturated carbocycles. The van der Waals surface area contributed by atoms with E-state index in [1.54, 1.807) is 13.0 Å². The minimum Gasteiger partial charge on any atom is -0.472 e. The molecule has 1 aromatic heterocycles. The van der Waals surface area contributed by atoms with Crippen LogP contribution in [0.15, 0.2) is 23.0 Å². The smallest absolute Gasteiger partial charge is 0.310 e. The van der Waals surface area contributed by atoms with Gasteiger partial charge in [0.2, 0.25) is 0 Å². The number of carbonyl (C=O) groups is 4. The Morgan fingerprint density at radius 1 is 1.22 bits per heavy atom. The third kappa shape index (κ3) is 3.35. The largest absolute Gasteiger partial charge is 0.472 e. The maximum Gasteiger partial charge on any atom is 0.310 e. The Morgan fingerprint density at radius 3 is 2.59 bits per heavy atom. The number of carbonyl (C=O) groups excluding carboxylic acids is 4. The maximum absolute atomic E-state index is 13.8. The summed E-state index contributed by atoms with van der Waals surface area (Å²) < 4.78 is 21.5. The molecule has 8 heteroatoms. The second kappa shape index (κ2) is 8.05. The van der Waals surface area contributed by atoms with Crippen molar-refractivity contribution in [1.82, 2.24) is 0 Å². The number of hydrogen-bond acceptors (Lipinski definition) is 8. The zero-order valence-corrected chi connectivity index (χ0v) is 18.9. The molecule has 32 heavy (non-hydrogen) atoms. The Bertz CT molecular complexity index is 920. The molecule has 2 unspecified atom stereocenters. The molecule has 0 spiro atoms. The summed E-state index contributed by atoms with van der Waals surface area (Å²) in [7, 11) is 1.32. The zero-order chi connectivity index (χ0) is 23.3. The van der Waals surface area contributed by atoms with Crippen molar-refractivity contribution in [1.29, 1.82) is 0 Å². The fourth-order valence-electron chi connectivity index (χ4n) is 6.51. The van der Waals surface area contributed by atoms with E-state index in [4.69, 9.17) is 18.6 Å². The molecule has 3 aliphatic rings. The molecule has 0 amide bonds. The van der Waals surface area contributed by atoms with Crippen LogP contribution < -0.4 is 0 Å². The summed E-state index contributed by atoms with van der Waals surface area (Å²) in [6, 6.07) is 1.75. The second-order valence-electron chi connectivity index (χ2n) is 9.77. The van der Waals surface area contributed by atoms with Crippen molar-refractivity contribution >= 4 is 23.7 Å². The summed E-state index contributed by atoms with van der Waals surface area (Å²) in [6.07, 6.45) is 3.13. The first kappa shape index (κ1) is 22.6. The van der Waals surface area contributed by atoms with Gasteiger partial charge in [0.1, 0.15) is 6.10 Å². The molecule has 8 nitrogen and oxygen atoms in total. The van der Waals surface area contributed by atoms with Gasteiger partial charge in [0.25, 0.3) is 0 Å². The van der Waals surface area contributed by atoms with E-state index in [1.165, 1.54) is 19.6 Å². The molecule has 2 aliphatic carbocycles. The van der Waals surface area contributed by atoms with Crippen molar-refractivity contribution in [3.63, 3.8) is 0 Å². The monoisotopic (exact) mass is 446 g/mol. The Kier molecular flexibility index (Phi) is 5.67. The van der Waals surface area contributed by atoms with Gasteiger partial charge in [-0.05, 0) is 36.2 Å². The van der Waals surface area contributed by atoms with E-state index in [0.29, 0.717) is 19.3 Å². The molecule has 3 fully saturated rings. The highest BCUT2D eigenvalue weighted by Crippen LogP contribution is 2.65. The maximum atomic E-state index is 13.8. The molecule has 0 N–H and O–H groups in total. The van der Waals surface area contributed by atoms with Crippen LogP contribution in [0.4, 0.5) is 0 Å². The van der Waals surface area contributed by atoms with Crippen LogP contribution in [0.1, 0.15) is 64.5 Å². The van der Waals surface area contributed by atoms with Crippen molar-refractivity contribution in [2.45, 2.75) is 65.1 Å². The van der Waals surface area contributed by atoms with Gasteiger partial charge in [-0.3, -0.25) is 19.2 Å². The topological polar surface area (TPSA) is 109 Å². The van der Waals surface area contributed by atoms with E-state index in [2.05, 4.69) is 0 Å². The lowest BCUT2D eigenvalue weighted by Gasteiger charge is -2.61. The quantitative estimate of drug-likeness (QED) is 0.511. The van der Waals surface area contributed by atoms with Crippen molar-refractivity contribution in [2.75, 3.05) is 7.11 Å². The van der Waals surface area contributed by atoms with E-state index in [9.17, 15) is 19.2 Å². The van der Waals surface area contributed by atoms with Crippen LogP contribution in [0.25, 0.3) is 0 Å². The summed E-state index contributed by atoms with van der Waals surface area (Å²) in [5.41, 5.74) is -0.763. The fourth-order valence-corrected chi connectivity index (χ4v) is 6.51. The second-order valence-corrected chi connectivity index (χ2v) is 9.77. The van der Waals surface area contributed by atoms with Gasteiger partial charge in [-0.15, -0.1) is 0 Å². The van der Waals surface area contributed by atoms with Crippen molar-refractivity contribution in [2.24, 2.45) is 28.6 Å². The zero-order valence-electron chi connectivity index (χ0n) is 18.9. The van der Waals surface area contributed by atoms with Crippen molar-refractivity contribution in [3.05, 3.63) is 24.2 Å². The average molecular weight is 446 g/mol. The highest BCUT2D eigenvalue weighted by molar-refractivity contribution is 5.93. The first-order valence-corrected chi connectivity index (χ1v) is 11.2. The van der Waals surface area contributed by atoms with Gasteiger partial charge in [0, 0.05) is 24.3 Å². The molecule has 1 aromatic rings. The summed E-state index contributed by atoms with van der Waals surface area (Å²) in [6.45, 7) is 5.52. The first-order valence-electron chi connectivity index (χ1n) is 11.2. The molecule has 2 heterocycles. The van der Waals surface area contributed by atoms with Crippen LogP contribution in [-0.4, -0.2) is 36.9 Å². The first-order chi connectivity index (χ1) is 15.2. The summed E-state index contributed by atoms with van der Waals surface area (Å²) in [5, 5.41) is 0. The summed E-state index contributed by atoms with van der Waals surface area (Å²) in [5.74, 6) is -3.24. The van der Waals surface area contributed by atoms with E-state index >= 15 is 0 Å². The number of rotatable bonds is 4. The third-order valence-electron chi connectivity index (χ3n) is 8.07. The van der Waals surface area contributed by atoms with E-state index in [1.807, 2.05) is 13.8 Å². The standard InChI is InChI=1S/C24H30O8/c1-5-18(25)31-16-10-15(21(27)29-4)23(2)8-6-14-22(28)32-17(13-7-9-30-12-13)11-24(14,3)20(23)19(16)26/h7,9,12,14-17,20H,5-6,8,10-11H2,1-4H3/t14?,15-,16-,17+,20?,23-,24-/m0/s1. The lowest BCUT2D eigenvalue weighted by atomic mass is 9.43. The predicted molar refractivity (Wildman–Crippen MR) is 110 cm³/mol. The molecule has 0 bridgehead atoms. The molecule has 4 rings (SSSR count). The summed E-state index contributed by atoms with van der Waals surface area (Å²) in [4.78, 5) is 51.8. The van der Waals surface area contributed by atoms with E-state index in [-0.39, 0.29) is 24.6 Å². The van der Waals surface area contributed by atoms with Crippen LogP contribution >= 0.6 is 0 Å². The van der Waals surface area contributed by atoms with E-state index in [0.717, 1.165) is 5.56 Å². The summed E-state index contributed by atoms with van der Waals surface area (Å²) >= 11 is 0. The van der Waals surface area contributed by atoms with E-state index < -0.39 is 52.7 Å². The predicted octanol–water partition coefficient (Wildman–Crippen LogP) is 3.39. The van der Waals surface area contributed by atoms with Gasteiger partial charge >= 0.3 is 17.9 Å². The third-order valence-corrected chi connectivity index (χ3v) is 8.07. The highest BCUT2D eigenvalue weighted by atomic mass is 16.6. The van der Waals surface area contributed by atoms with Crippen LogP contribution in [-0.2, 0) is 33.4 Å². The minimum atomic E-state index is -1.04. The van der Waals surface area contributed by atoms with Crippen molar-refractivity contribution < 1.29 is 37.8 Å². The van der Waals surface area contributed by atoms with Gasteiger partial charge in [-0.2, -0.15) is 0 Å². The number of hydrogen-bond donors (Lipinski definition) is 0. The molecule has 0 radical (unpaired) electrons. The van der Waals surface area contributed by atoms with Gasteiger partial charge in [0.15, 0.2) is 11.9 Å². The van der Waals surface area contributed by atoms with Crippen molar-refractivity contribution in [3.8, 4) is 0 Å². The number of ether oxygens (including phenoxy) is 3. The number of fused-ring (bicyclic) bond motifs is 3. The van der Waals surface area contributed by atoms with Gasteiger partial charge in [-0.1, -0.05) is 20.8 Å². The normalized spacial score (nSPS) is 38.8. The number of methoxy groups -OCH3 is 1. The Balaban J connectivity index is 1.78. The minimum absolute atomic E-state index is 0.0978. The number of ketones is 1. The molecule has 1 aliphatic heterocycles. The number of esters is 3.